The summed E-state index contributed by atoms with van der Waals surface area (Å²) in [6.07, 6.45) is 0.154. The first-order valence-electron chi connectivity index (χ1n) is 7.37. The molecular formula is C17H16ClNO4S. The number of carbonyl (C=O) groups excluding carboxylic acids is 1. The summed E-state index contributed by atoms with van der Waals surface area (Å²) in [5, 5.41) is 0.403. The van der Waals surface area contributed by atoms with Gasteiger partial charge in [0, 0.05) is 29.6 Å². The third kappa shape index (κ3) is 3.12. The molecule has 1 heterocycles. The normalized spacial score (nSPS) is 14.4. The Morgan fingerprint density at radius 3 is 2.67 bits per heavy atom. The van der Waals surface area contributed by atoms with Crippen molar-refractivity contribution in [3.05, 3.63) is 58.6 Å². The molecule has 2 aromatic rings. The van der Waals surface area contributed by atoms with Gasteiger partial charge < -0.3 is 4.74 Å². The molecule has 24 heavy (non-hydrogen) atoms. The van der Waals surface area contributed by atoms with Gasteiger partial charge in [0.05, 0.1) is 18.6 Å². The highest BCUT2D eigenvalue weighted by Crippen LogP contribution is 2.34. The standard InChI is InChI=1S/C17H16ClNO4S/c1-23-13-6-7-14-16(10-13)19(9-8-17(14)20)24(21,22)11-12-4-2-3-5-15(12)18/h2-7,10H,8-9,11H2,1H3. The maximum absolute atomic E-state index is 12.9. The highest BCUT2D eigenvalue weighted by Gasteiger charge is 2.32. The fraction of sp³-hybridized carbons (Fsp3) is 0.235. The largest absolute Gasteiger partial charge is 0.497 e. The Bertz CT molecular complexity index is 895. The van der Waals surface area contributed by atoms with E-state index in [2.05, 4.69) is 0 Å². The van der Waals surface area contributed by atoms with E-state index in [0.29, 0.717) is 27.6 Å². The van der Waals surface area contributed by atoms with E-state index in [1.165, 1.54) is 11.4 Å². The Morgan fingerprint density at radius 2 is 1.96 bits per heavy atom. The number of hydrogen-bond acceptors (Lipinski definition) is 4. The van der Waals surface area contributed by atoms with Gasteiger partial charge in [0.1, 0.15) is 5.75 Å². The van der Waals surface area contributed by atoms with E-state index < -0.39 is 10.0 Å². The van der Waals surface area contributed by atoms with Crippen LogP contribution in [0, 0.1) is 0 Å². The Hall–Kier alpha value is -2.05. The minimum Gasteiger partial charge on any atom is -0.497 e. The summed E-state index contributed by atoms with van der Waals surface area (Å²) in [6.45, 7) is 0.117. The van der Waals surface area contributed by atoms with Crippen molar-refractivity contribution in [2.24, 2.45) is 0 Å². The van der Waals surface area contributed by atoms with Gasteiger partial charge in [0.2, 0.25) is 10.0 Å². The van der Waals surface area contributed by atoms with Gasteiger partial charge in [-0.25, -0.2) is 8.42 Å². The fourth-order valence-electron chi connectivity index (χ4n) is 2.72. The van der Waals surface area contributed by atoms with E-state index in [1.54, 1.807) is 42.5 Å². The summed E-state index contributed by atoms with van der Waals surface area (Å²) in [6, 6.07) is 11.7. The van der Waals surface area contributed by atoms with Crippen LogP contribution >= 0.6 is 11.6 Å². The van der Waals surface area contributed by atoms with Crippen molar-refractivity contribution in [1.82, 2.24) is 0 Å². The molecule has 0 N–H and O–H groups in total. The van der Waals surface area contributed by atoms with E-state index in [4.69, 9.17) is 16.3 Å². The number of methoxy groups -OCH3 is 1. The van der Waals surface area contributed by atoms with Crippen LogP contribution in [0.1, 0.15) is 22.3 Å². The second-order valence-corrected chi connectivity index (χ2v) is 7.78. The number of benzene rings is 2. The number of fused-ring (bicyclic) bond motifs is 1. The third-order valence-electron chi connectivity index (χ3n) is 3.95. The zero-order chi connectivity index (χ0) is 17.3. The number of sulfonamides is 1. The number of rotatable bonds is 4. The zero-order valence-corrected chi connectivity index (χ0v) is 14.6. The van der Waals surface area contributed by atoms with Crippen LogP contribution in [0.15, 0.2) is 42.5 Å². The van der Waals surface area contributed by atoms with E-state index >= 15 is 0 Å². The van der Waals surface area contributed by atoms with E-state index in [1.807, 2.05) is 0 Å². The van der Waals surface area contributed by atoms with Gasteiger partial charge in [0.25, 0.3) is 0 Å². The van der Waals surface area contributed by atoms with Crippen molar-refractivity contribution < 1.29 is 17.9 Å². The number of ketones is 1. The highest BCUT2D eigenvalue weighted by molar-refractivity contribution is 7.92. The predicted molar refractivity (Wildman–Crippen MR) is 93.4 cm³/mol. The fourth-order valence-corrected chi connectivity index (χ4v) is 4.62. The number of anilines is 1. The number of ether oxygens (including phenoxy) is 1. The molecule has 1 aliphatic rings. The Morgan fingerprint density at radius 1 is 1.21 bits per heavy atom. The van der Waals surface area contributed by atoms with Crippen LogP contribution in [-0.2, 0) is 15.8 Å². The SMILES string of the molecule is COc1ccc2c(c1)N(S(=O)(=O)Cc1ccccc1Cl)CCC2=O. The molecule has 1 aliphatic heterocycles. The third-order valence-corrected chi connectivity index (χ3v) is 6.04. The van der Waals surface area contributed by atoms with Crippen molar-refractivity contribution in [2.75, 3.05) is 18.0 Å². The molecule has 0 atom stereocenters. The van der Waals surface area contributed by atoms with Crippen LogP contribution in [-0.4, -0.2) is 27.9 Å². The lowest BCUT2D eigenvalue weighted by Gasteiger charge is -2.30. The van der Waals surface area contributed by atoms with Gasteiger partial charge in [0.15, 0.2) is 5.78 Å². The average molecular weight is 366 g/mol. The van der Waals surface area contributed by atoms with E-state index in [-0.39, 0.29) is 24.5 Å². The quantitative estimate of drug-likeness (QED) is 0.834. The van der Waals surface area contributed by atoms with E-state index in [0.717, 1.165) is 0 Å². The van der Waals surface area contributed by atoms with Gasteiger partial charge in [-0.15, -0.1) is 0 Å². The summed E-state index contributed by atoms with van der Waals surface area (Å²) in [5.74, 6) is 0.204. The molecule has 126 valence electrons. The summed E-state index contributed by atoms with van der Waals surface area (Å²) >= 11 is 6.08. The summed E-state index contributed by atoms with van der Waals surface area (Å²) in [4.78, 5) is 12.1. The number of halogens is 1. The van der Waals surface area contributed by atoms with Gasteiger partial charge in [-0.2, -0.15) is 0 Å². The topological polar surface area (TPSA) is 63.7 Å². The molecule has 7 heteroatoms. The second-order valence-electron chi connectivity index (χ2n) is 5.48. The number of Topliss-reactive ketones (excluding diaryl/α,β-unsaturated/α-hetero) is 1. The van der Waals surface area contributed by atoms with Crippen LogP contribution in [0.2, 0.25) is 5.02 Å². The summed E-state index contributed by atoms with van der Waals surface area (Å²) < 4.78 is 32.2. The molecule has 0 saturated heterocycles. The molecule has 0 saturated carbocycles. The predicted octanol–water partition coefficient (Wildman–Crippen LogP) is 3.27. The molecule has 0 radical (unpaired) electrons. The minimum atomic E-state index is -3.68. The first kappa shape index (κ1) is 16.8. The first-order chi connectivity index (χ1) is 11.4. The lowest BCUT2D eigenvalue weighted by atomic mass is 10.0. The molecular weight excluding hydrogens is 350 g/mol. The van der Waals surface area contributed by atoms with Crippen LogP contribution in [0.5, 0.6) is 5.75 Å². The van der Waals surface area contributed by atoms with Gasteiger partial charge in [-0.05, 0) is 23.8 Å². The maximum atomic E-state index is 12.9. The number of carbonyl (C=O) groups is 1. The molecule has 3 rings (SSSR count). The first-order valence-corrected chi connectivity index (χ1v) is 9.36. The molecule has 0 spiro atoms. The van der Waals surface area contributed by atoms with Crippen LogP contribution in [0.4, 0.5) is 5.69 Å². The smallest absolute Gasteiger partial charge is 0.239 e. The van der Waals surface area contributed by atoms with Crippen molar-refractivity contribution in [3.8, 4) is 5.75 Å². The maximum Gasteiger partial charge on any atom is 0.239 e. The Balaban J connectivity index is 2.02. The average Bonchev–Trinajstić information content (AvgIpc) is 2.56. The van der Waals surface area contributed by atoms with Crippen molar-refractivity contribution in [2.45, 2.75) is 12.2 Å². The van der Waals surface area contributed by atoms with Crippen molar-refractivity contribution in [1.29, 1.82) is 0 Å². The summed E-state index contributed by atoms with van der Waals surface area (Å²) in [5.41, 5.74) is 1.28. The second kappa shape index (κ2) is 6.45. The van der Waals surface area contributed by atoms with E-state index in [9.17, 15) is 13.2 Å². The lowest BCUT2D eigenvalue weighted by Crippen LogP contribution is -2.38. The number of nitrogens with zero attached hydrogens (tertiary/aromatic N) is 1. The Kier molecular flexibility index (Phi) is 4.51. The zero-order valence-electron chi connectivity index (χ0n) is 13.0. The molecule has 0 aromatic heterocycles. The van der Waals surface area contributed by atoms with Crippen LogP contribution < -0.4 is 9.04 Å². The number of hydrogen-bond donors (Lipinski definition) is 0. The molecule has 0 amide bonds. The monoisotopic (exact) mass is 365 g/mol. The van der Waals surface area contributed by atoms with Crippen LogP contribution in [0.25, 0.3) is 0 Å². The summed E-state index contributed by atoms with van der Waals surface area (Å²) in [7, 11) is -2.18. The van der Waals surface area contributed by atoms with Crippen molar-refractivity contribution >= 4 is 33.1 Å². The molecule has 0 unspecified atom stereocenters. The van der Waals surface area contributed by atoms with Gasteiger partial charge in [-0.3, -0.25) is 9.10 Å². The minimum absolute atomic E-state index is 0.0724. The molecule has 5 nitrogen and oxygen atoms in total. The molecule has 0 aliphatic carbocycles. The van der Waals surface area contributed by atoms with Crippen molar-refractivity contribution in [3.63, 3.8) is 0 Å². The van der Waals surface area contributed by atoms with Crippen LogP contribution in [0.3, 0.4) is 0 Å². The van der Waals surface area contributed by atoms with Gasteiger partial charge in [-0.1, -0.05) is 29.8 Å². The molecule has 2 aromatic carbocycles. The van der Waals surface area contributed by atoms with Gasteiger partial charge >= 0.3 is 0 Å². The highest BCUT2D eigenvalue weighted by atomic mass is 35.5. The molecule has 0 fully saturated rings. The Labute approximate surface area is 145 Å². The molecule has 0 bridgehead atoms. The lowest BCUT2D eigenvalue weighted by molar-refractivity contribution is 0.0982.